The van der Waals surface area contributed by atoms with Crippen LogP contribution in [0, 0.1) is 0 Å². The molecule has 0 fully saturated rings. The molecular formula is C15H12Cl3N3OS. The second-order valence-corrected chi connectivity index (χ2v) is 6.24. The van der Waals surface area contributed by atoms with Gasteiger partial charge in [0.05, 0.1) is 17.1 Å². The van der Waals surface area contributed by atoms with Gasteiger partial charge in [0.15, 0.2) is 5.11 Å². The topological polar surface area (TPSA) is 53.2 Å². The Bertz CT molecular complexity index is 722. The van der Waals surface area contributed by atoms with Crippen LogP contribution in [-0.4, -0.2) is 11.0 Å². The molecule has 4 nitrogen and oxygen atoms in total. The molecule has 3 N–H and O–H groups in total. The van der Waals surface area contributed by atoms with Crippen molar-refractivity contribution in [1.29, 1.82) is 0 Å². The lowest BCUT2D eigenvalue weighted by atomic mass is 10.1. The van der Waals surface area contributed by atoms with Gasteiger partial charge >= 0.3 is 0 Å². The zero-order valence-electron chi connectivity index (χ0n) is 11.7. The number of hydrogen-bond donors (Lipinski definition) is 3. The van der Waals surface area contributed by atoms with E-state index in [1.165, 1.54) is 0 Å². The summed E-state index contributed by atoms with van der Waals surface area (Å²) in [7, 11) is 0. The van der Waals surface area contributed by atoms with Gasteiger partial charge in [-0.3, -0.25) is 15.6 Å². The molecular weight excluding hydrogens is 377 g/mol. The smallest absolute Gasteiger partial charge is 0.242 e. The minimum atomic E-state index is -0.242. The van der Waals surface area contributed by atoms with Gasteiger partial charge in [-0.15, -0.1) is 0 Å². The Morgan fingerprint density at radius 3 is 2.30 bits per heavy atom. The molecule has 0 bridgehead atoms. The maximum absolute atomic E-state index is 11.8. The molecule has 0 unspecified atom stereocenters. The molecule has 0 spiro atoms. The van der Waals surface area contributed by atoms with E-state index in [1.807, 2.05) is 0 Å². The highest BCUT2D eigenvalue weighted by Crippen LogP contribution is 2.25. The number of carbonyl (C=O) groups is 1. The van der Waals surface area contributed by atoms with Crippen molar-refractivity contribution in [2.75, 3.05) is 5.32 Å². The molecule has 2 aromatic rings. The number of benzene rings is 2. The highest BCUT2D eigenvalue weighted by atomic mass is 35.5. The van der Waals surface area contributed by atoms with E-state index in [-0.39, 0.29) is 17.4 Å². The molecule has 2 rings (SSSR count). The van der Waals surface area contributed by atoms with Crippen LogP contribution in [0.5, 0.6) is 0 Å². The van der Waals surface area contributed by atoms with Gasteiger partial charge in [-0.25, -0.2) is 0 Å². The summed E-state index contributed by atoms with van der Waals surface area (Å²) in [6, 6.07) is 12.0. The van der Waals surface area contributed by atoms with E-state index in [0.29, 0.717) is 20.8 Å². The van der Waals surface area contributed by atoms with Gasteiger partial charge in [0.2, 0.25) is 5.91 Å². The van der Waals surface area contributed by atoms with Crippen LogP contribution in [0.1, 0.15) is 5.56 Å². The third-order valence-electron chi connectivity index (χ3n) is 2.77. The van der Waals surface area contributed by atoms with Crippen LogP contribution >= 0.6 is 47.0 Å². The fourth-order valence-corrected chi connectivity index (χ4v) is 2.33. The molecule has 0 aliphatic carbocycles. The normalized spacial score (nSPS) is 10.0. The fourth-order valence-electron chi connectivity index (χ4n) is 1.71. The Kier molecular flexibility index (Phi) is 6.47. The summed E-state index contributed by atoms with van der Waals surface area (Å²) in [5.74, 6) is -0.242. The summed E-state index contributed by atoms with van der Waals surface area (Å²) in [5, 5.41) is 4.65. The Hall–Kier alpha value is -1.53. The van der Waals surface area contributed by atoms with Gasteiger partial charge in [-0.1, -0.05) is 46.9 Å². The van der Waals surface area contributed by atoms with Crippen molar-refractivity contribution in [3.8, 4) is 0 Å². The lowest BCUT2D eigenvalue weighted by molar-refractivity contribution is -0.120. The second kappa shape index (κ2) is 8.36. The lowest BCUT2D eigenvalue weighted by Gasteiger charge is -2.13. The highest BCUT2D eigenvalue weighted by Gasteiger charge is 2.06. The van der Waals surface area contributed by atoms with Crippen LogP contribution in [0.2, 0.25) is 15.1 Å². The largest absolute Gasteiger partial charge is 0.330 e. The number of thiocarbonyl (C=S) groups is 1. The molecule has 0 heterocycles. The van der Waals surface area contributed by atoms with Crippen molar-refractivity contribution >= 4 is 63.7 Å². The van der Waals surface area contributed by atoms with Crippen molar-refractivity contribution in [2.45, 2.75) is 6.42 Å². The van der Waals surface area contributed by atoms with Crippen LogP contribution < -0.4 is 16.2 Å². The van der Waals surface area contributed by atoms with Gasteiger partial charge in [-0.05, 0) is 48.1 Å². The Labute approximate surface area is 154 Å². The molecule has 120 valence electrons. The number of carbonyl (C=O) groups excluding carboxylic acids is 1. The highest BCUT2D eigenvalue weighted by molar-refractivity contribution is 7.80. The summed E-state index contributed by atoms with van der Waals surface area (Å²) in [4.78, 5) is 11.8. The molecule has 0 aromatic heterocycles. The number of rotatable bonds is 3. The van der Waals surface area contributed by atoms with Crippen molar-refractivity contribution in [2.24, 2.45) is 0 Å². The van der Waals surface area contributed by atoms with Gasteiger partial charge < -0.3 is 5.32 Å². The number of hydrazine groups is 1. The maximum atomic E-state index is 11.8. The number of hydrogen-bond acceptors (Lipinski definition) is 2. The predicted octanol–water partition coefficient (Wildman–Crippen LogP) is 4.21. The molecule has 0 saturated carbocycles. The Morgan fingerprint density at radius 2 is 1.61 bits per heavy atom. The maximum Gasteiger partial charge on any atom is 0.242 e. The first-order valence-electron chi connectivity index (χ1n) is 6.49. The van der Waals surface area contributed by atoms with Crippen LogP contribution in [0.15, 0.2) is 42.5 Å². The van der Waals surface area contributed by atoms with Gasteiger partial charge in [0.1, 0.15) is 0 Å². The quantitative estimate of drug-likeness (QED) is 0.545. The van der Waals surface area contributed by atoms with Crippen LogP contribution in [0.3, 0.4) is 0 Å². The number of halogens is 3. The van der Waals surface area contributed by atoms with Crippen LogP contribution in [-0.2, 0) is 11.2 Å². The zero-order chi connectivity index (χ0) is 16.8. The Balaban J connectivity index is 1.83. The van der Waals surface area contributed by atoms with Gasteiger partial charge in [0, 0.05) is 10.0 Å². The van der Waals surface area contributed by atoms with Crippen molar-refractivity contribution in [1.82, 2.24) is 10.9 Å². The van der Waals surface area contributed by atoms with E-state index in [0.717, 1.165) is 5.56 Å². The van der Waals surface area contributed by atoms with Crippen molar-refractivity contribution in [3.05, 3.63) is 63.1 Å². The van der Waals surface area contributed by atoms with Crippen molar-refractivity contribution in [3.63, 3.8) is 0 Å². The minimum Gasteiger partial charge on any atom is -0.330 e. The van der Waals surface area contributed by atoms with Gasteiger partial charge in [-0.2, -0.15) is 0 Å². The van der Waals surface area contributed by atoms with Crippen molar-refractivity contribution < 1.29 is 4.79 Å². The summed E-state index contributed by atoms with van der Waals surface area (Å²) in [6.45, 7) is 0. The fraction of sp³-hybridized carbons (Fsp3) is 0.0667. The first-order valence-corrected chi connectivity index (χ1v) is 8.03. The third kappa shape index (κ3) is 5.88. The molecule has 8 heteroatoms. The van der Waals surface area contributed by atoms with E-state index in [4.69, 9.17) is 47.0 Å². The molecule has 0 aliphatic heterocycles. The molecule has 0 saturated heterocycles. The standard InChI is InChI=1S/C15H12Cl3N3OS/c16-10-3-1-9(2-4-10)7-14(22)20-21-15(23)19-13-8-11(17)5-6-12(13)18/h1-6,8H,7H2,(H,20,22)(H2,19,21,23). The first-order chi connectivity index (χ1) is 10.9. The van der Waals surface area contributed by atoms with E-state index in [1.54, 1.807) is 42.5 Å². The second-order valence-electron chi connectivity index (χ2n) is 4.55. The van der Waals surface area contributed by atoms with E-state index in [9.17, 15) is 4.79 Å². The molecule has 0 aliphatic rings. The monoisotopic (exact) mass is 387 g/mol. The molecule has 0 radical (unpaired) electrons. The molecule has 1 amide bonds. The van der Waals surface area contributed by atoms with Crippen LogP contribution in [0.4, 0.5) is 5.69 Å². The summed E-state index contributed by atoms with van der Waals surface area (Å²) < 4.78 is 0. The molecule has 23 heavy (non-hydrogen) atoms. The molecule has 0 atom stereocenters. The average Bonchev–Trinajstić information content (AvgIpc) is 2.51. The third-order valence-corrected chi connectivity index (χ3v) is 3.79. The SMILES string of the molecule is O=C(Cc1ccc(Cl)cc1)NNC(=S)Nc1cc(Cl)ccc1Cl. The predicted molar refractivity (Wildman–Crippen MR) is 99.1 cm³/mol. The van der Waals surface area contributed by atoms with Crippen LogP contribution in [0.25, 0.3) is 0 Å². The van der Waals surface area contributed by atoms with Gasteiger partial charge in [0.25, 0.3) is 0 Å². The number of nitrogens with one attached hydrogen (secondary N) is 3. The molecule has 2 aromatic carbocycles. The van der Waals surface area contributed by atoms with E-state index < -0.39 is 0 Å². The van der Waals surface area contributed by atoms with E-state index in [2.05, 4.69) is 16.2 Å². The number of anilines is 1. The summed E-state index contributed by atoms with van der Waals surface area (Å²) in [5.41, 5.74) is 6.48. The minimum absolute atomic E-state index is 0.193. The Morgan fingerprint density at radius 1 is 0.957 bits per heavy atom. The average molecular weight is 389 g/mol. The zero-order valence-corrected chi connectivity index (χ0v) is 14.8. The first kappa shape index (κ1) is 17.8. The summed E-state index contributed by atoms with van der Waals surface area (Å²) in [6.07, 6.45) is 0.199. The number of amides is 1. The van der Waals surface area contributed by atoms with E-state index >= 15 is 0 Å². The lowest BCUT2D eigenvalue weighted by Crippen LogP contribution is -2.44. The summed E-state index contributed by atoms with van der Waals surface area (Å²) >= 11 is 22.8.